The monoisotopic (exact) mass is 263 g/mol. The fourth-order valence-corrected chi connectivity index (χ4v) is 2.00. The topological polar surface area (TPSA) is 30.7 Å². The van der Waals surface area contributed by atoms with Crippen molar-refractivity contribution in [2.24, 2.45) is 0 Å². The Morgan fingerprint density at radius 1 is 0.947 bits per heavy atom. The van der Waals surface area contributed by atoms with Crippen LogP contribution in [0.3, 0.4) is 0 Å². The van der Waals surface area contributed by atoms with Gasteiger partial charge in [-0.2, -0.15) is 13.2 Å². The summed E-state index contributed by atoms with van der Waals surface area (Å²) in [5.41, 5.74) is -0.222. The number of rotatable bonds is 1. The molecule has 0 unspecified atom stereocenters. The zero-order valence-corrected chi connectivity index (χ0v) is 9.59. The smallest absolute Gasteiger partial charge is 0.285 e. The molecule has 3 aromatic rings. The number of alkyl halides is 3. The molecule has 0 atom stereocenters. The third-order valence-corrected chi connectivity index (χ3v) is 2.81. The third kappa shape index (κ3) is 1.95. The molecule has 0 spiro atoms. The van der Waals surface area contributed by atoms with Gasteiger partial charge in [-0.15, -0.1) is 0 Å². The third-order valence-electron chi connectivity index (χ3n) is 2.81. The van der Waals surface area contributed by atoms with Crippen molar-refractivity contribution >= 4 is 10.9 Å². The van der Waals surface area contributed by atoms with E-state index < -0.39 is 11.7 Å². The van der Waals surface area contributed by atoms with Crippen molar-refractivity contribution in [3.63, 3.8) is 0 Å². The summed E-state index contributed by atoms with van der Waals surface area (Å²) >= 11 is 0. The van der Waals surface area contributed by atoms with E-state index in [1.54, 1.807) is 24.5 Å². The van der Waals surface area contributed by atoms with E-state index in [4.69, 9.17) is 0 Å². The van der Waals surface area contributed by atoms with Crippen molar-refractivity contribution in [2.75, 3.05) is 0 Å². The van der Waals surface area contributed by atoms with Gasteiger partial charge in [-0.05, 0) is 24.3 Å². The molecule has 0 aliphatic rings. The standard InChI is InChI=1S/C13H8F3N3/c14-13(15,16)10-3-1-4-11-9(10)5-8-19(11)12-17-6-2-7-18-12/h1-8H. The molecule has 0 amide bonds. The van der Waals surface area contributed by atoms with Gasteiger partial charge in [0.15, 0.2) is 0 Å². The van der Waals surface area contributed by atoms with Gasteiger partial charge in [-0.1, -0.05) is 6.07 Å². The van der Waals surface area contributed by atoms with Crippen molar-refractivity contribution in [1.29, 1.82) is 0 Å². The lowest BCUT2D eigenvalue weighted by molar-refractivity contribution is -0.136. The molecule has 0 saturated carbocycles. The van der Waals surface area contributed by atoms with Crippen LogP contribution in [0.25, 0.3) is 16.9 Å². The molecule has 0 N–H and O–H groups in total. The second-order valence-electron chi connectivity index (χ2n) is 3.97. The van der Waals surface area contributed by atoms with Crippen LogP contribution in [0.2, 0.25) is 0 Å². The van der Waals surface area contributed by atoms with E-state index in [0.717, 1.165) is 6.07 Å². The van der Waals surface area contributed by atoms with Crippen LogP contribution in [0.4, 0.5) is 13.2 Å². The van der Waals surface area contributed by atoms with Crippen molar-refractivity contribution in [3.8, 4) is 5.95 Å². The lowest BCUT2D eigenvalue weighted by Crippen LogP contribution is -2.05. The van der Waals surface area contributed by atoms with E-state index in [9.17, 15) is 13.2 Å². The van der Waals surface area contributed by atoms with E-state index in [-0.39, 0.29) is 5.39 Å². The van der Waals surface area contributed by atoms with Gasteiger partial charge in [0.2, 0.25) is 5.95 Å². The van der Waals surface area contributed by atoms with Crippen molar-refractivity contribution in [3.05, 3.63) is 54.5 Å². The number of halogens is 3. The molecule has 0 fully saturated rings. The molecule has 0 aliphatic carbocycles. The quantitative estimate of drug-likeness (QED) is 0.673. The molecular weight excluding hydrogens is 255 g/mol. The summed E-state index contributed by atoms with van der Waals surface area (Å²) in [4.78, 5) is 8.07. The first-order chi connectivity index (χ1) is 9.07. The molecule has 6 heteroatoms. The first-order valence-corrected chi connectivity index (χ1v) is 5.52. The molecule has 0 bridgehead atoms. The summed E-state index contributed by atoms with van der Waals surface area (Å²) in [5, 5.41) is 0.141. The predicted molar refractivity (Wildman–Crippen MR) is 63.9 cm³/mol. The van der Waals surface area contributed by atoms with Gasteiger partial charge in [-0.25, -0.2) is 9.97 Å². The Morgan fingerprint density at radius 2 is 1.68 bits per heavy atom. The molecule has 2 aromatic heterocycles. The Morgan fingerprint density at radius 3 is 2.37 bits per heavy atom. The largest absolute Gasteiger partial charge is 0.417 e. The van der Waals surface area contributed by atoms with Gasteiger partial charge in [0.25, 0.3) is 0 Å². The molecule has 2 heterocycles. The fourth-order valence-electron chi connectivity index (χ4n) is 2.00. The van der Waals surface area contributed by atoms with Crippen molar-refractivity contribution in [1.82, 2.24) is 14.5 Å². The summed E-state index contributed by atoms with van der Waals surface area (Å²) in [5.74, 6) is 0.344. The normalized spacial score (nSPS) is 11.9. The summed E-state index contributed by atoms with van der Waals surface area (Å²) in [6.07, 6.45) is 0.252. The average Bonchev–Trinajstić information content (AvgIpc) is 2.82. The molecule has 0 saturated heterocycles. The van der Waals surface area contributed by atoms with Crippen LogP contribution in [0.1, 0.15) is 5.56 Å². The molecular formula is C13H8F3N3. The zero-order valence-electron chi connectivity index (χ0n) is 9.59. The van der Waals surface area contributed by atoms with Gasteiger partial charge >= 0.3 is 6.18 Å². The second kappa shape index (κ2) is 4.08. The summed E-state index contributed by atoms with van der Waals surface area (Å²) in [7, 11) is 0. The van der Waals surface area contributed by atoms with Crippen LogP contribution in [-0.4, -0.2) is 14.5 Å². The van der Waals surface area contributed by atoms with Gasteiger partial charge in [0.05, 0.1) is 11.1 Å². The molecule has 96 valence electrons. The van der Waals surface area contributed by atoms with Crippen LogP contribution in [0, 0.1) is 0 Å². The van der Waals surface area contributed by atoms with E-state index >= 15 is 0 Å². The highest BCUT2D eigenvalue weighted by molar-refractivity contribution is 5.85. The number of hydrogen-bond donors (Lipinski definition) is 0. The van der Waals surface area contributed by atoms with Crippen molar-refractivity contribution in [2.45, 2.75) is 6.18 Å². The van der Waals surface area contributed by atoms with E-state index in [1.165, 1.54) is 22.9 Å². The SMILES string of the molecule is FC(F)(F)c1cccc2c1ccn2-c1ncccn1. The predicted octanol–water partition coefficient (Wildman–Crippen LogP) is 3.44. The first kappa shape index (κ1) is 11.7. The molecule has 3 nitrogen and oxygen atoms in total. The molecule has 0 aliphatic heterocycles. The van der Waals surface area contributed by atoms with E-state index in [1.807, 2.05) is 0 Å². The second-order valence-corrected chi connectivity index (χ2v) is 3.97. The highest BCUT2D eigenvalue weighted by atomic mass is 19.4. The average molecular weight is 263 g/mol. The Kier molecular flexibility index (Phi) is 2.51. The zero-order chi connectivity index (χ0) is 13.5. The number of benzene rings is 1. The molecule has 0 radical (unpaired) electrons. The number of fused-ring (bicyclic) bond motifs is 1. The van der Waals surface area contributed by atoms with Gasteiger partial charge in [-0.3, -0.25) is 4.57 Å². The van der Waals surface area contributed by atoms with Gasteiger partial charge < -0.3 is 0 Å². The maximum Gasteiger partial charge on any atom is 0.417 e. The lowest BCUT2D eigenvalue weighted by Gasteiger charge is -2.08. The minimum absolute atomic E-state index is 0.141. The van der Waals surface area contributed by atoms with Gasteiger partial charge in [0.1, 0.15) is 0 Å². The first-order valence-electron chi connectivity index (χ1n) is 5.52. The van der Waals surface area contributed by atoms with Crippen LogP contribution in [-0.2, 0) is 6.18 Å². The van der Waals surface area contributed by atoms with Crippen LogP contribution >= 0.6 is 0 Å². The number of aromatic nitrogens is 3. The summed E-state index contributed by atoms with van der Waals surface area (Å²) in [6.45, 7) is 0. The maximum atomic E-state index is 12.9. The van der Waals surface area contributed by atoms with Crippen LogP contribution in [0.15, 0.2) is 48.9 Å². The Hall–Kier alpha value is -2.37. The maximum absolute atomic E-state index is 12.9. The summed E-state index contributed by atoms with van der Waals surface area (Å²) < 4.78 is 40.2. The molecule has 1 aromatic carbocycles. The molecule has 3 rings (SSSR count). The number of hydrogen-bond acceptors (Lipinski definition) is 2. The van der Waals surface area contributed by atoms with Crippen LogP contribution < -0.4 is 0 Å². The number of nitrogens with zero attached hydrogens (tertiary/aromatic N) is 3. The minimum atomic E-state index is -4.37. The van der Waals surface area contributed by atoms with Gasteiger partial charge in [0, 0.05) is 24.0 Å². The Bertz CT molecular complexity index is 717. The summed E-state index contributed by atoms with van der Waals surface area (Å²) in [6, 6.07) is 7.13. The van der Waals surface area contributed by atoms with Crippen molar-refractivity contribution < 1.29 is 13.2 Å². The van der Waals surface area contributed by atoms with E-state index in [2.05, 4.69) is 9.97 Å². The Labute approximate surface area is 106 Å². The molecule has 19 heavy (non-hydrogen) atoms. The lowest BCUT2D eigenvalue weighted by atomic mass is 10.1. The van der Waals surface area contributed by atoms with Crippen LogP contribution in [0.5, 0.6) is 0 Å². The highest BCUT2D eigenvalue weighted by Gasteiger charge is 2.32. The Balaban J connectivity index is 2.26. The van der Waals surface area contributed by atoms with E-state index in [0.29, 0.717) is 11.5 Å². The minimum Gasteiger partial charge on any atom is -0.285 e. The fraction of sp³-hybridized carbons (Fsp3) is 0.0769. The highest BCUT2D eigenvalue weighted by Crippen LogP contribution is 2.35.